The molecule has 0 aromatic rings. The third-order valence-corrected chi connectivity index (χ3v) is 5.01. The normalized spacial score (nSPS) is 20.6. The Morgan fingerprint density at radius 3 is 2.05 bits per heavy atom. The van der Waals surface area contributed by atoms with E-state index in [2.05, 4.69) is 11.8 Å². The van der Waals surface area contributed by atoms with E-state index in [1.807, 2.05) is 0 Å². The summed E-state index contributed by atoms with van der Waals surface area (Å²) in [6.07, 6.45) is 19.3. The molecule has 0 aromatic heterocycles. The topological polar surface area (TPSA) is 23.5 Å². The van der Waals surface area contributed by atoms with Crippen LogP contribution in [0.1, 0.15) is 96.8 Å². The van der Waals surface area contributed by atoms with E-state index >= 15 is 0 Å². The summed E-state index contributed by atoms with van der Waals surface area (Å²) in [5, 5.41) is 9.51. The lowest BCUT2D eigenvalue weighted by Crippen LogP contribution is -2.38. The molecule has 0 bridgehead atoms. The second-order valence-corrected chi connectivity index (χ2v) is 6.90. The zero-order valence-electron chi connectivity index (χ0n) is 14.5. The van der Waals surface area contributed by atoms with Gasteiger partial charge in [0.25, 0.3) is 0 Å². The van der Waals surface area contributed by atoms with E-state index < -0.39 is 0 Å². The van der Waals surface area contributed by atoms with Crippen LogP contribution in [0.3, 0.4) is 0 Å². The third kappa shape index (κ3) is 9.52. The van der Waals surface area contributed by atoms with Crippen molar-refractivity contribution in [3.63, 3.8) is 0 Å². The largest absolute Gasteiger partial charge is 0.395 e. The minimum Gasteiger partial charge on any atom is -0.395 e. The van der Waals surface area contributed by atoms with Gasteiger partial charge in [0.1, 0.15) is 0 Å². The van der Waals surface area contributed by atoms with Crippen LogP contribution in [0.25, 0.3) is 0 Å². The highest BCUT2D eigenvalue weighted by Gasteiger charge is 2.19. The van der Waals surface area contributed by atoms with Crippen molar-refractivity contribution in [2.45, 2.75) is 103 Å². The number of hydrogen-bond acceptors (Lipinski definition) is 2. The molecular weight excluding hydrogens is 258 g/mol. The lowest BCUT2D eigenvalue weighted by atomic mass is 10.1. The standard InChI is InChI=1S/C19H39NO/c1-2-3-4-5-6-7-8-9-10-13-16-20-17-14-11-12-15-19(20)18-21/h19,21H,2-18H2,1H3. The molecule has 21 heavy (non-hydrogen) atoms. The van der Waals surface area contributed by atoms with Crippen molar-refractivity contribution in [1.82, 2.24) is 4.90 Å². The van der Waals surface area contributed by atoms with Gasteiger partial charge in [-0.05, 0) is 32.4 Å². The van der Waals surface area contributed by atoms with Crippen molar-refractivity contribution in [3.8, 4) is 0 Å². The molecule has 1 fully saturated rings. The molecule has 1 atom stereocenters. The fourth-order valence-electron chi connectivity index (χ4n) is 3.54. The summed E-state index contributed by atoms with van der Waals surface area (Å²) >= 11 is 0. The van der Waals surface area contributed by atoms with Gasteiger partial charge in [0.2, 0.25) is 0 Å². The highest BCUT2D eigenvalue weighted by atomic mass is 16.3. The van der Waals surface area contributed by atoms with Gasteiger partial charge < -0.3 is 5.11 Å². The van der Waals surface area contributed by atoms with Crippen LogP contribution in [0.15, 0.2) is 0 Å². The minimum absolute atomic E-state index is 0.359. The molecule has 1 rings (SSSR count). The predicted molar refractivity (Wildman–Crippen MR) is 92.8 cm³/mol. The number of aliphatic hydroxyl groups is 1. The highest BCUT2D eigenvalue weighted by Crippen LogP contribution is 2.17. The Bertz CT molecular complexity index is 220. The molecule has 0 amide bonds. The molecule has 1 unspecified atom stereocenters. The van der Waals surface area contributed by atoms with Crippen molar-refractivity contribution in [3.05, 3.63) is 0 Å². The average Bonchev–Trinajstić information content (AvgIpc) is 2.74. The lowest BCUT2D eigenvalue weighted by molar-refractivity contribution is 0.122. The van der Waals surface area contributed by atoms with Gasteiger partial charge in [-0.1, -0.05) is 77.6 Å². The zero-order valence-corrected chi connectivity index (χ0v) is 14.5. The SMILES string of the molecule is CCCCCCCCCCCCN1CCCCCC1CO. The molecular formula is C19H39NO. The van der Waals surface area contributed by atoms with E-state index in [9.17, 15) is 5.11 Å². The summed E-state index contributed by atoms with van der Waals surface area (Å²) < 4.78 is 0. The summed E-state index contributed by atoms with van der Waals surface area (Å²) in [6.45, 7) is 5.06. The Morgan fingerprint density at radius 1 is 0.810 bits per heavy atom. The predicted octanol–water partition coefficient (Wildman–Crippen LogP) is 5.14. The van der Waals surface area contributed by atoms with Gasteiger partial charge in [-0.15, -0.1) is 0 Å². The van der Waals surface area contributed by atoms with Gasteiger partial charge in [-0.2, -0.15) is 0 Å². The van der Waals surface area contributed by atoms with Gasteiger partial charge in [-0.25, -0.2) is 0 Å². The summed E-state index contributed by atoms with van der Waals surface area (Å²) in [7, 11) is 0. The summed E-state index contributed by atoms with van der Waals surface area (Å²) in [6, 6.07) is 0.450. The monoisotopic (exact) mass is 297 g/mol. The van der Waals surface area contributed by atoms with Gasteiger partial charge in [-0.3, -0.25) is 4.90 Å². The second-order valence-electron chi connectivity index (χ2n) is 6.90. The average molecular weight is 298 g/mol. The molecule has 1 aliphatic heterocycles. The van der Waals surface area contributed by atoms with Crippen molar-refractivity contribution in [2.75, 3.05) is 19.7 Å². The maximum atomic E-state index is 9.51. The smallest absolute Gasteiger partial charge is 0.0586 e. The summed E-state index contributed by atoms with van der Waals surface area (Å²) in [5.74, 6) is 0. The minimum atomic E-state index is 0.359. The Hall–Kier alpha value is -0.0800. The summed E-state index contributed by atoms with van der Waals surface area (Å²) in [5.41, 5.74) is 0. The molecule has 0 aromatic carbocycles. The number of unbranched alkanes of at least 4 members (excludes halogenated alkanes) is 9. The van der Waals surface area contributed by atoms with Crippen LogP contribution in [0.2, 0.25) is 0 Å². The molecule has 2 nitrogen and oxygen atoms in total. The zero-order chi connectivity index (χ0) is 15.2. The van der Waals surface area contributed by atoms with E-state index in [1.54, 1.807) is 0 Å². The Labute approximate surface area is 133 Å². The third-order valence-electron chi connectivity index (χ3n) is 5.01. The fourth-order valence-corrected chi connectivity index (χ4v) is 3.54. The molecule has 0 spiro atoms. The molecule has 1 N–H and O–H groups in total. The van der Waals surface area contributed by atoms with E-state index in [4.69, 9.17) is 0 Å². The maximum absolute atomic E-state index is 9.51. The van der Waals surface area contributed by atoms with Gasteiger partial charge in [0.05, 0.1) is 6.61 Å². The molecule has 0 radical (unpaired) electrons. The number of likely N-dealkylation sites (tertiary alicyclic amines) is 1. The quantitative estimate of drug-likeness (QED) is 0.504. The lowest BCUT2D eigenvalue weighted by Gasteiger charge is -2.28. The van der Waals surface area contributed by atoms with Crippen molar-refractivity contribution < 1.29 is 5.11 Å². The molecule has 126 valence electrons. The highest BCUT2D eigenvalue weighted by molar-refractivity contribution is 4.74. The van der Waals surface area contributed by atoms with Gasteiger partial charge in [0, 0.05) is 6.04 Å². The van der Waals surface area contributed by atoms with Gasteiger partial charge in [0.15, 0.2) is 0 Å². The van der Waals surface area contributed by atoms with Crippen molar-refractivity contribution in [2.24, 2.45) is 0 Å². The maximum Gasteiger partial charge on any atom is 0.0586 e. The van der Waals surface area contributed by atoms with E-state index in [1.165, 1.54) is 103 Å². The van der Waals surface area contributed by atoms with Crippen LogP contribution in [0, 0.1) is 0 Å². The first-order chi connectivity index (χ1) is 10.4. The van der Waals surface area contributed by atoms with Crippen LogP contribution in [-0.4, -0.2) is 35.7 Å². The molecule has 1 heterocycles. The van der Waals surface area contributed by atoms with E-state index in [-0.39, 0.29) is 0 Å². The molecule has 1 saturated heterocycles. The van der Waals surface area contributed by atoms with Crippen molar-refractivity contribution >= 4 is 0 Å². The molecule has 1 aliphatic rings. The number of hydrogen-bond donors (Lipinski definition) is 1. The molecule has 2 heteroatoms. The first-order valence-corrected chi connectivity index (χ1v) is 9.73. The molecule has 0 saturated carbocycles. The number of rotatable bonds is 12. The second kappa shape index (κ2) is 13.6. The Balaban J connectivity index is 1.93. The van der Waals surface area contributed by atoms with Crippen molar-refractivity contribution in [1.29, 1.82) is 0 Å². The molecule has 0 aliphatic carbocycles. The van der Waals surface area contributed by atoms with Crippen LogP contribution in [-0.2, 0) is 0 Å². The summed E-state index contributed by atoms with van der Waals surface area (Å²) in [4.78, 5) is 2.55. The van der Waals surface area contributed by atoms with Crippen LogP contribution in [0.4, 0.5) is 0 Å². The van der Waals surface area contributed by atoms with Crippen LogP contribution in [0.5, 0.6) is 0 Å². The van der Waals surface area contributed by atoms with E-state index in [0.29, 0.717) is 12.6 Å². The fraction of sp³-hybridized carbons (Fsp3) is 1.00. The first-order valence-electron chi connectivity index (χ1n) is 9.73. The number of aliphatic hydroxyl groups excluding tert-OH is 1. The van der Waals surface area contributed by atoms with Gasteiger partial charge >= 0.3 is 0 Å². The Morgan fingerprint density at radius 2 is 1.43 bits per heavy atom. The van der Waals surface area contributed by atoms with E-state index in [0.717, 1.165) is 0 Å². The number of nitrogens with zero attached hydrogens (tertiary/aromatic N) is 1. The van der Waals surface area contributed by atoms with Crippen LogP contribution >= 0.6 is 0 Å². The first kappa shape index (κ1) is 19.0. The Kier molecular flexibility index (Phi) is 12.3. The van der Waals surface area contributed by atoms with Crippen LogP contribution < -0.4 is 0 Å².